The van der Waals surface area contributed by atoms with E-state index in [1.54, 1.807) is 49.6 Å². The van der Waals surface area contributed by atoms with E-state index in [2.05, 4.69) is 26.5 Å². The van der Waals surface area contributed by atoms with Gasteiger partial charge in [0.2, 0.25) is 0 Å². The Balaban J connectivity index is 1.42. The van der Waals surface area contributed by atoms with Crippen LogP contribution < -0.4 is 19.6 Å². The highest BCUT2D eigenvalue weighted by molar-refractivity contribution is 9.10. The summed E-state index contributed by atoms with van der Waals surface area (Å²) in [6.45, 7) is 0.502. The molecule has 4 aromatic carbocycles. The average molecular weight is 614 g/mol. The molecule has 0 aliphatic rings. The third-order valence-corrected chi connectivity index (χ3v) is 6.76. The number of amides is 1. The molecular weight excluding hydrogens is 591 g/mol. The quantitative estimate of drug-likeness (QED) is 0.147. The van der Waals surface area contributed by atoms with Crippen molar-refractivity contribution in [2.24, 2.45) is 5.10 Å². The summed E-state index contributed by atoms with van der Waals surface area (Å²) in [5, 5.41) is 5.33. The first-order valence-corrected chi connectivity index (χ1v) is 13.0. The van der Waals surface area contributed by atoms with E-state index in [1.807, 2.05) is 42.5 Å². The van der Waals surface area contributed by atoms with Gasteiger partial charge in [0.25, 0.3) is 5.91 Å². The fraction of sp³-hybridized carbons (Fsp3) is 0.103. The number of rotatable bonds is 10. The zero-order valence-electron chi connectivity index (χ0n) is 20.3. The SMILES string of the molecule is COc1cc(/C=N/NC(=O)c2ccccc2OCc2ccccc2Cl)cc(Br)c1OCc1ccccc1Cl. The van der Waals surface area contributed by atoms with Crippen LogP contribution in [0.25, 0.3) is 0 Å². The average Bonchev–Trinajstić information content (AvgIpc) is 2.92. The van der Waals surface area contributed by atoms with Gasteiger partial charge in [-0.05, 0) is 57.9 Å². The van der Waals surface area contributed by atoms with Crippen LogP contribution in [0.4, 0.5) is 0 Å². The largest absolute Gasteiger partial charge is 0.493 e. The molecule has 1 N–H and O–H groups in total. The molecular formula is C29H23BrCl2N2O4. The fourth-order valence-electron chi connectivity index (χ4n) is 3.50. The molecule has 0 saturated carbocycles. The number of ether oxygens (including phenoxy) is 3. The summed E-state index contributed by atoms with van der Waals surface area (Å²) >= 11 is 16.0. The van der Waals surface area contributed by atoms with Crippen molar-refractivity contribution in [3.63, 3.8) is 0 Å². The third-order valence-electron chi connectivity index (χ3n) is 5.43. The Labute approximate surface area is 239 Å². The van der Waals surface area contributed by atoms with E-state index >= 15 is 0 Å². The first-order chi connectivity index (χ1) is 18.5. The summed E-state index contributed by atoms with van der Waals surface area (Å²) < 4.78 is 18.0. The predicted octanol–water partition coefficient (Wildman–Crippen LogP) is 7.69. The zero-order valence-corrected chi connectivity index (χ0v) is 23.4. The van der Waals surface area contributed by atoms with Crippen molar-refractivity contribution in [1.29, 1.82) is 0 Å². The second kappa shape index (κ2) is 13.3. The van der Waals surface area contributed by atoms with Crippen molar-refractivity contribution in [2.75, 3.05) is 7.11 Å². The highest BCUT2D eigenvalue weighted by Gasteiger charge is 2.14. The number of benzene rings is 4. The van der Waals surface area contributed by atoms with Crippen LogP contribution >= 0.6 is 39.1 Å². The number of para-hydroxylation sites is 1. The van der Waals surface area contributed by atoms with E-state index < -0.39 is 5.91 Å². The maximum Gasteiger partial charge on any atom is 0.275 e. The van der Waals surface area contributed by atoms with Crippen molar-refractivity contribution < 1.29 is 19.0 Å². The number of methoxy groups -OCH3 is 1. The molecule has 0 unspecified atom stereocenters. The van der Waals surface area contributed by atoms with E-state index in [0.29, 0.717) is 42.9 Å². The molecule has 194 valence electrons. The Bertz CT molecular complexity index is 1460. The lowest BCUT2D eigenvalue weighted by Gasteiger charge is -2.14. The van der Waals surface area contributed by atoms with Crippen LogP contribution in [0.2, 0.25) is 10.0 Å². The molecule has 0 heterocycles. The number of nitrogens with zero attached hydrogens (tertiary/aromatic N) is 1. The second-order valence-electron chi connectivity index (χ2n) is 7.99. The van der Waals surface area contributed by atoms with Gasteiger partial charge in [-0.3, -0.25) is 4.79 Å². The van der Waals surface area contributed by atoms with E-state index in [1.165, 1.54) is 6.21 Å². The summed E-state index contributed by atoms with van der Waals surface area (Å²) in [7, 11) is 1.55. The summed E-state index contributed by atoms with van der Waals surface area (Å²) in [6, 6.07) is 25.3. The monoisotopic (exact) mass is 612 g/mol. The number of halogens is 3. The highest BCUT2D eigenvalue weighted by atomic mass is 79.9. The summed E-state index contributed by atoms with van der Waals surface area (Å²) in [5.41, 5.74) is 5.25. The molecule has 0 fully saturated rings. The van der Waals surface area contributed by atoms with Gasteiger partial charge in [0.15, 0.2) is 11.5 Å². The lowest BCUT2D eigenvalue weighted by atomic mass is 10.2. The van der Waals surface area contributed by atoms with Crippen molar-refractivity contribution in [2.45, 2.75) is 13.2 Å². The van der Waals surface area contributed by atoms with Crippen molar-refractivity contribution in [1.82, 2.24) is 5.43 Å². The topological polar surface area (TPSA) is 69.2 Å². The standard InChI is InChI=1S/C29H23BrCl2N2O4/c1-36-27-15-19(14-23(30)28(27)38-18-21-9-3-6-12-25(21)32)16-33-34-29(35)22-10-4-7-13-26(22)37-17-20-8-2-5-11-24(20)31/h2-16H,17-18H2,1H3,(H,34,35)/b33-16+. The van der Waals surface area contributed by atoms with Gasteiger partial charge in [0, 0.05) is 21.2 Å². The normalized spacial score (nSPS) is 10.8. The third kappa shape index (κ3) is 7.07. The van der Waals surface area contributed by atoms with E-state index in [4.69, 9.17) is 37.4 Å². The van der Waals surface area contributed by atoms with E-state index in [-0.39, 0.29) is 13.2 Å². The van der Waals surface area contributed by atoms with Crippen molar-refractivity contribution in [3.8, 4) is 17.2 Å². The molecule has 1 amide bonds. The van der Waals surface area contributed by atoms with Gasteiger partial charge in [0.1, 0.15) is 19.0 Å². The number of carbonyl (C=O) groups is 1. The first kappa shape index (κ1) is 27.5. The summed E-state index contributed by atoms with van der Waals surface area (Å²) in [6.07, 6.45) is 1.51. The molecule has 0 aromatic heterocycles. The molecule has 4 rings (SSSR count). The minimum atomic E-state index is -0.415. The number of hydrazone groups is 1. The highest BCUT2D eigenvalue weighted by Crippen LogP contribution is 2.37. The van der Waals surface area contributed by atoms with Crippen LogP contribution in [0.5, 0.6) is 17.2 Å². The van der Waals surface area contributed by atoms with Crippen molar-refractivity contribution in [3.05, 3.63) is 122 Å². The molecule has 38 heavy (non-hydrogen) atoms. The van der Waals surface area contributed by atoms with Crippen LogP contribution in [0, 0.1) is 0 Å². The Morgan fingerprint density at radius 1 is 0.868 bits per heavy atom. The lowest BCUT2D eigenvalue weighted by Crippen LogP contribution is -2.18. The minimum Gasteiger partial charge on any atom is -0.493 e. The Morgan fingerprint density at radius 3 is 2.13 bits per heavy atom. The summed E-state index contributed by atoms with van der Waals surface area (Å²) in [4.78, 5) is 12.8. The van der Waals surface area contributed by atoms with Crippen LogP contribution in [0.15, 0.2) is 94.5 Å². The molecule has 6 nitrogen and oxygen atoms in total. The van der Waals surface area contributed by atoms with Crippen LogP contribution in [0.1, 0.15) is 27.0 Å². The maximum atomic E-state index is 12.8. The van der Waals surface area contributed by atoms with E-state index in [9.17, 15) is 4.79 Å². The molecule has 4 aromatic rings. The molecule has 0 aliphatic carbocycles. The molecule has 0 spiro atoms. The second-order valence-corrected chi connectivity index (χ2v) is 9.66. The number of carbonyl (C=O) groups excluding carboxylic acids is 1. The number of hydrogen-bond donors (Lipinski definition) is 1. The minimum absolute atomic E-state index is 0.228. The van der Waals surface area contributed by atoms with Gasteiger partial charge in [-0.1, -0.05) is 71.7 Å². The fourth-order valence-corrected chi connectivity index (χ4v) is 4.45. The van der Waals surface area contributed by atoms with Crippen molar-refractivity contribution >= 4 is 51.3 Å². The van der Waals surface area contributed by atoms with Gasteiger partial charge in [-0.2, -0.15) is 5.10 Å². The van der Waals surface area contributed by atoms with E-state index in [0.717, 1.165) is 11.1 Å². The molecule has 0 aliphatic heterocycles. The first-order valence-electron chi connectivity index (χ1n) is 11.5. The van der Waals surface area contributed by atoms with Gasteiger partial charge in [-0.15, -0.1) is 0 Å². The number of nitrogens with one attached hydrogen (secondary N) is 1. The summed E-state index contributed by atoms with van der Waals surface area (Å²) in [5.74, 6) is 1.03. The molecule has 9 heteroatoms. The van der Waals surface area contributed by atoms with Crippen LogP contribution in [-0.2, 0) is 13.2 Å². The van der Waals surface area contributed by atoms with Gasteiger partial charge in [-0.25, -0.2) is 5.43 Å². The van der Waals surface area contributed by atoms with Crippen LogP contribution in [-0.4, -0.2) is 19.2 Å². The zero-order chi connectivity index (χ0) is 26.9. The van der Waals surface area contributed by atoms with Crippen LogP contribution in [0.3, 0.4) is 0 Å². The smallest absolute Gasteiger partial charge is 0.275 e. The molecule has 0 saturated heterocycles. The van der Waals surface area contributed by atoms with Gasteiger partial charge in [0.05, 0.1) is 23.4 Å². The Kier molecular flexibility index (Phi) is 9.65. The lowest BCUT2D eigenvalue weighted by molar-refractivity contribution is 0.0950. The maximum absolute atomic E-state index is 12.8. The molecule has 0 atom stereocenters. The molecule has 0 bridgehead atoms. The van der Waals surface area contributed by atoms with Gasteiger partial charge < -0.3 is 14.2 Å². The van der Waals surface area contributed by atoms with Gasteiger partial charge >= 0.3 is 0 Å². The number of hydrogen-bond acceptors (Lipinski definition) is 5. The Morgan fingerprint density at radius 2 is 1.47 bits per heavy atom. The predicted molar refractivity (Wildman–Crippen MR) is 154 cm³/mol. The Hall–Kier alpha value is -3.52. The molecule has 0 radical (unpaired) electrons.